The molecule has 2 aliphatic heterocycles. The highest BCUT2D eigenvalue weighted by molar-refractivity contribution is 8.45. The third-order valence-corrected chi connectivity index (χ3v) is 11.3. The summed E-state index contributed by atoms with van der Waals surface area (Å²) in [6.07, 6.45) is 0. The van der Waals surface area contributed by atoms with Crippen LogP contribution in [0.5, 0.6) is 0 Å². The van der Waals surface area contributed by atoms with Crippen LogP contribution in [0.4, 0.5) is 0 Å². The molecule has 0 atom stereocenters. The summed E-state index contributed by atoms with van der Waals surface area (Å²) in [7, 11) is 0. The molecule has 0 fully saturated rings. The van der Waals surface area contributed by atoms with E-state index >= 15 is 0 Å². The number of hydrogen-bond donors (Lipinski definition) is 0. The topological polar surface area (TPSA) is 34.1 Å². The molecule has 2 aliphatic rings. The van der Waals surface area contributed by atoms with Gasteiger partial charge in [-0.2, -0.15) is 0 Å². The fraction of sp³-hybridized carbons (Fsp3) is 0. The van der Waals surface area contributed by atoms with Crippen LogP contribution in [-0.4, -0.2) is 10.2 Å². The van der Waals surface area contributed by atoms with Crippen molar-refractivity contribution in [3.05, 3.63) is 99.6 Å². The minimum Gasteiger partial charge on any atom is -0.281 e. The minimum atomic E-state index is -0.00920. The Bertz CT molecular complexity index is 918. The molecule has 0 unspecified atom stereocenters. The highest BCUT2D eigenvalue weighted by Crippen LogP contribution is 2.62. The van der Waals surface area contributed by atoms with E-state index in [0.717, 1.165) is 12.7 Å². The van der Waals surface area contributed by atoms with Gasteiger partial charge in [-0.15, -0.1) is 0 Å². The predicted octanol–water partition coefficient (Wildman–Crippen LogP) is 7.82. The van der Waals surface area contributed by atoms with E-state index in [9.17, 15) is 9.59 Å². The van der Waals surface area contributed by atoms with Gasteiger partial charge in [0.2, 0.25) is 10.2 Å². The number of rotatable bonds is 4. The molecular weight excluding hydrogens is 465 g/mol. The van der Waals surface area contributed by atoms with Gasteiger partial charge in [0.05, 0.1) is 16.9 Å². The second-order valence-corrected chi connectivity index (χ2v) is 12.2. The van der Waals surface area contributed by atoms with Gasteiger partial charge in [0.25, 0.3) is 0 Å². The van der Waals surface area contributed by atoms with Crippen molar-refractivity contribution in [2.75, 3.05) is 0 Å². The van der Waals surface area contributed by atoms with Gasteiger partial charge in [0.1, 0.15) is 0 Å². The van der Waals surface area contributed by atoms with Crippen LogP contribution in [0.15, 0.2) is 88.4 Å². The summed E-state index contributed by atoms with van der Waals surface area (Å²) >= 11 is 8.94. The largest absolute Gasteiger partial charge is 0.281 e. The summed E-state index contributed by atoms with van der Waals surface area (Å²) in [6.45, 7) is 0. The summed E-state index contributed by atoms with van der Waals surface area (Å²) in [5.41, 5.74) is 1.33. The van der Waals surface area contributed by atoms with Crippen LogP contribution in [0.25, 0.3) is 0 Å². The second-order valence-electron chi connectivity index (χ2n) is 5.37. The van der Waals surface area contributed by atoms with Gasteiger partial charge < -0.3 is 0 Å². The van der Waals surface area contributed by atoms with Gasteiger partial charge in [-0.25, -0.2) is 0 Å². The molecule has 0 saturated carbocycles. The van der Waals surface area contributed by atoms with E-state index in [1.807, 2.05) is 60.7 Å². The lowest BCUT2D eigenvalue weighted by Crippen LogP contribution is -1.94. The Morgan fingerprint density at radius 3 is 1.46 bits per heavy atom. The number of carbonyl (C=O) groups is 2. The van der Waals surface area contributed by atoms with E-state index in [1.165, 1.54) is 27.8 Å². The Labute approximate surface area is 188 Å². The molecule has 2 heterocycles. The van der Waals surface area contributed by atoms with E-state index in [4.69, 9.17) is 0 Å². The zero-order valence-electron chi connectivity index (χ0n) is 14.2. The first kappa shape index (κ1) is 20.4. The third-order valence-electron chi connectivity index (χ3n) is 3.50. The monoisotopic (exact) mass is 476 g/mol. The van der Waals surface area contributed by atoms with Gasteiger partial charge in [-0.1, -0.05) is 108 Å². The molecule has 4 rings (SSSR count). The van der Waals surface area contributed by atoms with Gasteiger partial charge >= 0.3 is 0 Å². The first-order valence-electron chi connectivity index (χ1n) is 8.08. The maximum Gasteiger partial charge on any atom is 0.224 e. The molecular formula is C20H12O2S6. The van der Waals surface area contributed by atoms with Crippen molar-refractivity contribution >= 4 is 80.8 Å². The highest BCUT2D eigenvalue weighted by atomic mass is 32.3. The maximum absolute atomic E-state index is 12.7. The van der Waals surface area contributed by atoms with Crippen molar-refractivity contribution < 1.29 is 9.59 Å². The number of thioether (sulfide) groups is 6. The van der Waals surface area contributed by atoms with Crippen molar-refractivity contribution in [3.8, 4) is 0 Å². The Morgan fingerprint density at radius 2 is 1.04 bits per heavy atom. The number of benzene rings is 2. The molecule has 0 radical (unpaired) electrons. The molecule has 2 nitrogen and oxygen atoms in total. The SMILES string of the molecule is O=C(SC1=C(SC(=O)c2ccccc2)SC(=C2SC=CS2)S1)c1ccccc1. The van der Waals surface area contributed by atoms with Gasteiger partial charge in [0.15, 0.2) is 0 Å². The zero-order chi connectivity index (χ0) is 19.3. The van der Waals surface area contributed by atoms with E-state index in [0.29, 0.717) is 11.1 Å². The first-order valence-corrected chi connectivity index (χ1v) is 13.1. The molecule has 2 aromatic rings. The minimum absolute atomic E-state index is 0.00920. The van der Waals surface area contributed by atoms with Crippen LogP contribution in [0, 0.1) is 0 Å². The lowest BCUT2D eigenvalue weighted by Gasteiger charge is -2.04. The Balaban J connectivity index is 1.57. The van der Waals surface area contributed by atoms with Crippen molar-refractivity contribution in [3.63, 3.8) is 0 Å². The molecule has 140 valence electrons. The van der Waals surface area contributed by atoms with Crippen LogP contribution in [0.3, 0.4) is 0 Å². The van der Waals surface area contributed by atoms with Gasteiger partial charge in [0, 0.05) is 11.1 Å². The van der Waals surface area contributed by atoms with E-state index in [1.54, 1.807) is 47.0 Å². The lowest BCUT2D eigenvalue weighted by molar-refractivity contribution is 0.108. The van der Waals surface area contributed by atoms with Crippen molar-refractivity contribution in [1.82, 2.24) is 0 Å². The Kier molecular flexibility index (Phi) is 7.08. The second kappa shape index (κ2) is 9.73. The summed E-state index contributed by atoms with van der Waals surface area (Å²) in [5.74, 6) is 0. The average Bonchev–Trinajstić information content (AvgIpc) is 3.40. The van der Waals surface area contributed by atoms with Gasteiger partial charge in [-0.3, -0.25) is 9.59 Å². The van der Waals surface area contributed by atoms with Crippen molar-refractivity contribution in [2.45, 2.75) is 0 Å². The average molecular weight is 477 g/mol. The molecule has 0 saturated heterocycles. The fourth-order valence-electron chi connectivity index (χ4n) is 2.22. The summed E-state index contributed by atoms with van der Waals surface area (Å²) in [4.78, 5) is 25.4. The van der Waals surface area contributed by atoms with Crippen molar-refractivity contribution in [1.29, 1.82) is 0 Å². The van der Waals surface area contributed by atoms with E-state index in [-0.39, 0.29) is 10.2 Å². The van der Waals surface area contributed by atoms with Crippen LogP contribution >= 0.6 is 70.6 Å². The standard InChI is InChI=1S/C20H12O2S6/c21-15(13-7-3-1-4-8-13)25-19-20(26-16(22)14-9-5-2-6-10-14)28-18(27-19)17-23-11-12-24-17/h1-12H. The van der Waals surface area contributed by atoms with Crippen molar-refractivity contribution in [2.24, 2.45) is 0 Å². The first-order chi connectivity index (χ1) is 13.7. The summed E-state index contributed by atoms with van der Waals surface area (Å²) < 4.78 is 4.09. The predicted molar refractivity (Wildman–Crippen MR) is 130 cm³/mol. The van der Waals surface area contributed by atoms with Crippen LogP contribution in [0.2, 0.25) is 0 Å². The third kappa shape index (κ3) is 4.98. The van der Waals surface area contributed by atoms with E-state index < -0.39 is 0 Å². The van der Waals surface area contributed by atoms with Gasteiger partial charge in [-0.05, 0) is 34.3 Å². The zero-order valence-corrected chi connectivity index (χ0v) is 19.1. The maximum atomic E-state index is 12.7. The van der Waals surface area contributed by atoms with Crippen LogP contribution < -0.4 is 0 Å². The molecule has 0 amide bonds. The van der Waals surface area contributed by atoms with E-state index in [2.05, 4.69) is 10.8 Å². The summed E-state index contributed by atoms with van der Waals surface area (Å²) in [6, 6.07) is 18.5. The Hall–Kier alpha value is -0.900. The summed E-state index contributed by atoms with van der Waals surface area (Å²) in [5, 5.41) is 4.09. The molecule has 0 spiro atoms. The number of carbonyl (C=O) groups excluding carboxylic acids is 2. The highest BCUT2D eigenvalue weighted by Gasteiger charge is 2.29. The Morgan fingerprint density at radius 1 is 0.607 bits per heavy atom. The molecule has 0 N–H and O–H groups in total. The molecule has 0 bridgehead atoms. The molecule has 28 heavy (non-hydrogen) atoms. The molecule has 2 aromatic carbocycles. The molecule has 0 aliphatic carbocycles. The quantitative estimate of drug-likeness (QED) is 0.442. The fourth-order valence-corrected chi connectivity index (χ4v) is 9.69. The number of hydrogen-bond acceptors (Lipinski definition) is 8. The molecule has 8 heteroatoms. The van der Waals surface area contributed by atoms with Crippen LogP contribution in [-0.2, 0) is 0 Å². The normalized spacial score (nSPS) is 16.1. The lowest BCUT2D eigenvalue weighted by atomic mass is 10.2. The smallest absolute Gasteiger partial charge is 0.224 e. The van der Waals surface area contributed by atoms with Crippen LogP contribution in [0.1, 0.15) is 20.7 Å². The molecule has 0 aromatic heterocycles.